The topological polar surface area (TPSA) is 77.9 Å². The van der Waals surface area contributed by atoms with Crippen LogP contribution < -0.4 is 0 Å². The molecule has 1 fully saturated rings. The molecule has 1 aliphatic rings. The maximum atomic E-state index is 12.4. The number of carbonyl (C=O) groups excluding carboxylic acids is 2. The van der Waals surface area contributed by atoms with E-state index in [1.54, 1.807) is 29.3 Å². The summed E-state index contributed by atoms with van der Waals surface area (Å²) in [5, 5.41) is 12.7. The number of carboxylic acid groups (broad SMARTS) is 1. The lowest BCUT2D eigenvalue weighted by atomic mass is 10.0. The number of hydrogen-bond acceptors (Lipinski definition) is 4. The third-order valence-corrected chi connectivity index (χ3v) is 5.16. The molecule has 0 spiro atoms. The summed E-state index contributed by atoms with van der Waals surface area (Å²) in [5.41, 5.74) is 3.39. The van der Waals surface area contributed by atoms with Crippen LogP contribution in [0.1, 0.15) is 39.9 Å². The molecule has 1 heterocycles. The van der Waals surface area contributed by atoms with E-state index in [0.717, 1.165) is 16.7 Å². The first-order valence-corrected chi connectivity index (χ1v) is 9.87. The number of rotatable bonds is 9. The summed E-state index contributed by atoms with van der Waals surface area (Å²) >= 11 is 0. The van der Waals surface area contributed by atoms with Crippen LogP contribution in [0.25, 0.3) is 0 Å². The second-order valence-electron chi connectivity index (χ2n) is 7.43. The lowest BCUT2D eigenvalue weighted by molar-refractivity contribution is -0.138. The highest BCUT2D eigenvalue weighted by Gasteiger charge is 2.28. The van der Waals surface area contributed by atoms with E-state index in [4.69, 9.17) is 5.11 Å². The van der Waals surface area contributed by atoms with Crippen LogP contribution in [0.2, 0.25) is 0 Å². The maximum Gasteiger partial charge on any atom is 0.335 e. The first-order valence-electron chi connectivity index (χ1n) is 9.87. The van der Waals surface area contributed by atoms with Crippen molar-refractivity contribution in [2.45, 2.75) is 32.6 Å². The number of ketones is 1. The number of nitrogens with zero attached hydrogens (tertiary/aromatic N) is 2. The largest absolute Gasteiger partial charge is 0.478 e. The van der Waals surface area contributed by atoms with Crippen molar-refractivity contribution in [1.82, 2.24) is 10.0 Å². The fourth-order valence-corrected chi connectivity index (χ4v) is 3.57. The van der Waals surface area contributed by atoms with Gasteiger partial charge in [-0.3, -0.25) is 14.6 Å². The minimum Gasteiger partial charge on any atom is -0.478 e. The fraction of sp³-hybridized carbons (Fsp3) is 0.348. The highest BCUT2D eigenvalue weighted by molar-refractivity contribution is 5.87. The Hall–Kier alpha value is -2.99. The third-order valence-electron chi connectivity index (χ3n) is 5.16. The first-order chi connectivity index (χ1) is 13.9. The quantitative estimate of drug-likeness (QED) is 0.708. The van der Waals surface area contributed by atoms with Crippen molar-refractivity contribution in [3.05, 3.63) is 70.8 Å². The summed E-state index contributed by atoms with van der Waals surface area (Å²) in [5.74, 6) is -0.717. The first kappa shape index (κ1) is 20.7. The van der Waals surface area contributed by atoms with Gasteiger partial charge >= 0.3 is 5.97 Å². The Morgan fingerprint density at radius 3 is 2.48 bits per heavy atom. The molecule has 0 aliphatic carbocycles. The molecule has 0 unspecified atom stereocenters. The van der Waals surface area contributed by atoms with Gasteiger partial charge < -0.3 is 5.11 Å². The van der Waals surface area contributed by atoms with E-state index in [0.29, 0.717) is 45.3 Å². The minimum atomic E-state index is -0.951. The normalized spacial score (nSPS) is 14.4. The molecule has 1 aliphatic heterocycles. The molecule has 2 aromatic rings. The van der Waals surface area contributed by atoms with E-state index >= 15 is 0 Å². The van der Waals surface area contributed by atoms with Crippen LogP contribution in [0.3, 0.4) is 0 Å². The van der Waals surface area contributed by atoms with Crippen molar-refractivity contribution in [2.75, 3.05) is 19.6 Å². The average molecular weight is 394 g/mol. The van der Waals surface area contributed by atoms with Gasteiger partial charge in [0, 0.05) is 38.9 Å². The van der Waals surface area contributed by atoms with Crippen LogP contribution in [0.4, 0.5) is 0 Å². The molecule has 3 rings (SSSR count). The van der Waals surface area contributed by atoms with Gasteiger partial charge in [-0.2, -0.15) is 0 Å². The molecule has 0 saturated carbocycles. The molecule has 1 saturated heterocycles. The SMILES string of the molecule is Cc1cccc(CC(=O)CCN2CCC(=O)N2CCc2ccc(C(=O)O)cc2)c1. The number of carboxylic acids is 1. The van der Waals surface area contributed by atoms with Gasteiger partial charge in [0.25, 0.3) is 0 Å². The monoisotopic (exact) mass is 394 g/mol. The molecule has 29 heavy (non-hydrogen) atoms. The van der Waals surface area contributed by atoms with Gasteiger partial charge in [0.1, 0.15) is 5.78 Å². The molecule has 1 N–H and O–H groups in total. The Kier molecular flexibility index (Phi) is 6.77. The zero-order valence-electron chi connectivity index (χ0n) is 16.6. The van der Waals surface area contributed by atoms with Crippen LogP contribution in [0, 0.1) is 6.92 Å². The summed E-state index contributed by atoms with van der Waals surface area (Å²) in [7, 11) is 0. The Balaban J connectivity index is 1.50. The summed E-state index contributed by atoms with van der Waals surface area (Å²) in [6.45, 7) is 3.71. The molecule has 0 atom stereocenters. The predicted molar refractivity (Wildman–Crippen MR) is 110 cm³/mol. The zero-order chi connectivity index (χ0) is 20.8. The van der Waals surface area contributed by atoms with Crippen LogP contribution in [0.15, 0.2) is 48.5 Å². The minimum absolute atomic E-state index is 0.0679. The van der Waals surface area contributed by atoms with E-state index in [9.17, 15) is 14.4 Å². The standard InChI is InChI=1S/C23H26N2O4/c1-17-3-2-4-19(15-17)16-21(26)10-12-24-13-11-22(27)25(24)14-9-18-5-7-20(8-6-18)23(28)29/h2-8,15H,9-14,16H2,1H3,(H,28,29). The summed E-state index contributed by atoms with van der Waals surface area (Å²) in [6.07, 6.45) is 1.92. The Morgan fingerprint density at radius 1 is 1.03 bits per heavy atom. The smallest absolute Gasteiger partial charge is 0.335 e. The number of hydrogen-bond donors (Lipinski definition) is 1. The van der Waals surface area contributed by atoms with E-state index in [2.05, 4.69) is 0 Å². The van der Waals surface area contributed by atoms with Gasteiger partial charge in [0.2, 0.25) is 5.91 Å². The van der Waals surface area contributed by atoms with Crippen LogP contribution in [-0.2, 0) is 22.4 Å². The van der Waals surface area contributed by atoms with Crippen molar-refractivity contribution in [2.24, 2.45) is 0 Å². The number of amides is 1. The molecule has 152 valence electrons. The van der Waals surface area contributed by atoms with Gasteiger partial charge in [0.15, 0.2) is 0 Å². The lowest BCUT2D eigenvalue weighted by Gasteiger charge is -2.27. The maximum absolute atomic E-state index is 12.4. The highest BCUT2D eigenvalue weighted by atomic mass is 16.4. The third kappa shape index (κ3) is 5.74. The summed E-state index contributed by atoms with van der Waals surface area (Å²) in [6, 6.07) is 14.7. The van der Waals surface area contributed by atoms with Gasteiger partial charge in [-0.25, -0.2) is 9.80 Å². The molecule has 1 amide bonds. The van der Waals surface area contributed by atoms with Crippen LogP contribution in [-0.4, -0.2) is 52.4 Å². The Morgan fingerprint density at radius 2 is 1.79 bits per heavy atom. The molecule has 0 bridgehead atoms. The Labute approximate surface area is 170 Å². The van der Waals surface area contributed by atoms with Gasteiger partial charge in [-0.15, -0.1) is 0 Å². The van der Waals surface area contributed by atoms with Gasteiger partial charge in [0.05, 0.1) is 5.56 Å². The van der Waals surface area contributed by atoms with Crippen molar-refractivity contribution in [1.29, 1.82) is 0 Å². The second-order valence-corrected chi connectivity index (χ2v) is 7.43. The zero-order valence-corrected chi connectivity index (χ0v) is 16.6. The lowest BCUT2D eigenvalue weighted by Crippen LogP contribution is -2.41. The number of carbonyl (C=O) groups is 3. The van der Waals surface area contributed by atoms with Crippen molar-refractivity contribution < 1.29 is 19.5 Å². The van der Waals surface area contributed by atoms with E-state index in [1.807, 2.05) is 36.2 Å². The predicted octanol–water partition coefficient (Wildman–Crippen LogP) is 2.89. The summed E-state index contributed by atoms with van der Waals surface area (Å²) < 4.78 is 0. The van der Waals surface area contributed by atoms with Crippen molar-refractivity contribution >= 4 is 17.7 Å². The molecule has 0 aromatic heterocycles. The number of benzene rings is 2. The van der Waals surface area contributed by atoms with Crippen molar-refractivity contribution in [3.8, 4) is 0 Å². The van der Waals surface area contributed by atoms with Gasteiger partial charge in [-0.1, -0.05) is 42.0 Å². The molecule has 0 radical (unpaired) electrons. The molecular weight excluding hydrogens is 368 g/mol. The van der Waals surface area contributed by atoms with Crippen molar-refractivity contribution in [3.63, 3.8) is 0 Å². The van der Waals surface area contributed by atoms with Crippen LogP contribution >= 0.6 is 0 Å². The fourth-order valence-electron chi connectivity index (χ4n) is 3.57. The molecule has 2 aromatic carbocycles. The number of Topliss-reactive ketones (excluding diaryl/α,β-unsaturated/α-hetero) is 1. The van der Waals surface area contributed by atoms with Gasteiger partial charge in [-0.05, 0) is 36.6 Å². The number of hydrazine groups is 1. The Bertz CT molecular complexity index is 892. The second kappa shape index (κ2) is 9.47. The number of aromatic carboxylic acids is 1. The van der Waals surface area contributed by atoms with Crippen LogP contribution in [0.5, 0.6) is 0 Å². The highest BCUT2D eigenvalue weighted by Crippen LogP contribution is 2.15. The molecule has 6 heteroatoms. The summed E-state index contributed by atoms with van der Waals surface area (Å²) in [4.78, 5) is 35.5. The molecular formula is C23H26N2O4. The number of aryl methyl sites for hydroxylation is 1. The van der Waals surface area contributed by atoms with E-state index in [1.165, 1.54) is 0 Å². The van der Waals surface area contributed by atoms with E-state index < -0.39 is 5.97 Å². The molecule has 6 nitrogen and oxygen atoms in total. The van der Waals surface area contributed by atoms with E-state index in [-0.39, 0.29) is 17.3 Å². The average Bonchev–Trinajstić information content (AvgIpc) is 3.04.